The van der Waals surface area contributed by atoms with Crippen LogP contribution in [-0.4, -0.2) is 112 Å². The molecule has 4 aromatic heterocycles. The maximum atomic E-state index is 16.2. The number of aromatic nitrogens is 8. The SMILES string of the molecule is O=P1(O)OC[C@H]2O[C@@H]3[C@H](F)[C@@H]2OP(O)(=S)OC[C@H]2O[C@H]([C@H](F)[C@@H]2O1)n1cnc2c(ncnc21)NC/C=C/CNc1ncnc2c1ncn23. The molecule has 0 aromatic carbocycles. The molecule has 256 valence electrons. The molecule has 10 atom stereocenters. The van der Waals surface area contributed by atoms with Gasteiger partial charge in [0.2, 0.25) is 0 Å². The zero-order valence-corrected chi connectivity index (χ0v) is 26.9. The number of halogens is 2. The van der Waals surface area contributed by atoms with Crippen LogP contribution in [0.5, 0.6) is 0 Å². The lowest BCUT2D eigenvalue weighted by Gasteiger charge is -2.28. The Hall–Kier alpha value is -3.14. The first-order chi connectivity index (χ1) is 23.1. The summed E-state index contributed by atoms with van der Waals surface area (Å²) in [7, 11) is -5.07. The van der Waals surface area contributed by atoms with Gasteiger partial charge in [-0.1, -0.05) is 12.2 Å². The van der Waals surface area contributed by atoms with Crippen LogP contribution in [0.3, 0.4) is 0 Å². The summed E-state index contributed by atoms with van der Waals surface area (Å²) in [4.78, 5) is 47.3. The van der Waals surface area contributed by atoms with Crippen LogP contribution in [0.25, 0.3) is 22.3 Å². The molecular weight excluding hydrogens is 704 g/mol. The van der Waals surface area contributed by atoms with Crippen molar-refractivity contribution >= 4 is 60.3 Å². The number of anilines is 2. The molecule has 24 heteroatoms. The summed E-state index contributed by atoms with van der Waals surface area (Å²) in [6.07, 6.45) is -4.66. The van der Waals surface area contributed by atoms with Crippen LogP contribution in [0.4, 0.5) is 20.4 Å². The highest BCUT2D eigenvalue weighted by atomic mass is 32.5. The Bertz CT molecular complexity index is 1850. The molecular formula is C24H26F2N10O9P2S. The fourth-order valence-corrected chi connectivity index (χ4v) is 8.27. The molecule has 19 nitrogen and oxygen atoms in total. The van der Waals surface area contributed by atoms with Crippen molar-refractivity contribution in [3.05, 3.63) is 37.5 Å². The second kappa shape index (κ2) is 12.3. The molecule has 0 aliphatic carbocycles. The number of ether oxygens (including phenoxy) is 2. The Labute approximate surface area is 273 Å². The maximum Gasteiger partial charge on any atom is 0.472 e. The van der Waals surface area contributed by atoms with Crippen LogP contribution in [0.2, 0.25) is 0 Å². The number of nitrogens with one attached hydrogen (secondary N) is 2. The summed E-state index contributed by atoms with van der Waals surface area (Å²) in [5.41, 5.74) is 0.955. The van der Waals surface area contributed by atoms with Gasteiger partial charge >= 0.3 is 14.5 Å². The Balaban J connectivity index is 1.21. The third kappa shape index (κ3) is 5.79. The molecule has 5 aliphatic heterocycles. The van der Waals surface area contributed by atoms with Gasteiger partial charge in [-0.3, -0.25) is 22.7 Å². The highest BCUT2D eigenvalue weighted by Gasteiger charge is 2.54. The molecule has 3 saturated heterocycles. The molecule has 0 amide bonds. The molecule has 4 N–H and O–H groups in total. The molecule has 2 unspecified atom stereocenters. The van der Waals surface area contributed by atoms with Gasteiger partial charge in [0.15, 0.2) is 58.8 Å². The number of nitrogens with zero attached hydrogens (tertiary/aromatic N) is 8. The van der Waals surface area contributed by atoms with Crippen molar-refractivity contribution in [1.82, 2.24) is 39.0 Å². The van der Waals surface area contributed by atoms with Crippen LogP contribution in [0.15, 0.2) is 37.5 Å². The van der Waals surface area contributed by atoms with Gasteiger partial charge in [0.05, 0.1) is 25.9 Å². The van der Waals surface area contributed by atoms with Crippen molar-refractivity contribution in [3.63, 3.8) is 0 Å². The molecule has 0 spiro atoms. The lowest BCUT2D eigenvalue weighted by molar-refractivity contribution is -0.0623. The van der Waals surface area contributed by atoms with Crippen molar-refractivity contribution in [2.75, 3.05) is 36.9 Å². The summed E-state index contributed by atoms with van der Waals surface area (Å²) < 4.78 is 81.4. The van der Waals surface area contributed by atoms with Crippen LogP contribution < -0.4 is 10.6 Å². The third-order valence-electron chi connectivity index (χ3n) is 8.05. The van der Waals surface area contributed by atoms with E-state index in [1.807, 2.05) is 12.2 Å². The van der Waals surface area contributed by atoms with Gasteiger partial charge in [-0.25, -0.2) is 43.2 Å². The topological polar surface area (TPSA) is 224 Å². The Morgan fingerprint density at radius 1 is 0.771 bits per heavy atom. The predicted molar refractivity (Wildman–Crippen MR) is 162 cm³/mol. The number of fused-ring (bicyclic) bond motifs is 10. The van der Waals surface area contributed by atoms with Crippen LogP contribution in [0, 0.1) is 0 Å². The van der Waals surface area contributed by atoms with Crippen LogP contribution in [0.1, 0.15) is 12.5 Å². The maximum absolute atomic E-state index is 16.2. The highest BCUT2D eigenvalue weighted by molar-refractivity contribution is 8.07. The van der Waals surface area contributed by atoms with E-state index in [9.17, 15) is 14.4 Å². The minimum atomic E-state index is -5.07. The van der Waals surface area contributed by atoms with Crippen molar-refractivity contribution in [2.24, 2.45) is 0 Å². The molecule has 48 heavy (non-hydrogen) atoms. The number of phosphoric acid groups is 1. The fourth-order valence-electron chi connectivity index (χ4n) is 5.87. The number of hydrogen-bond donors (Lipinski definition) is 4. The number of rotatable bonds is 0. The molecule has 9 rings (SSSR count). The first-order valence-electron chi connectivity index (χ1n) is 14.5. The number of imidazole rings is 2. The van der Waals surface area contributed by atoms with Gasteiger partial charge in [0.1, 0.15) is 37.1 Å². The van der Waals surface area contributed by atoms with E-state index in [-0.39, 0.29) is 16.8 Å². The summed E-state index contributed by atoms with van der Waals surface area (Å²) >= 11 is 5.19. The van der Waals surface area contributed by atoms with Gasteiger partial charge < -0.3 is 34.4 Å². The molecule has 3 fully saturated rings. The molecule has 4 aromatic rings. The van der Waals surface area contributed by atoms with E-state index in [4.69, 9.17) is 39.4 Å². The summed E-state index contributed by atoms with van der Waals surface area (Å²) in [5, 5.41) is 6.25. The van der Waals surface area contributed by atoms with Crippen molar-refractivity contribution in [2.45, 2.75) is 49.2 Å². The molecule has 0 radical (unpaired) electrons. The first-order valence-corrected chi connectivity index (χ1v) is 18.6. The average molecular weight is 731 g/mol. The average Bonchev–Trinajstić information content (AvgIpc) is 3.81. The minimum Gasteiger partial charge on any atom is -0.365 e. The first kappa shape index (κ1) is 32.1. The Morgan fingerprint density at radius 3 is 1.81 bits per heavy atom. The van der Waals surface area contributed by atoms with E-state index < -0.39 is 77.0 Å². The fraction of sp³-hybridized carbons (Fsp3) is 0.500. The van der Waals surface area contributed by atoms with Crippen LogP contribution >= 0.6 is 14.5 Å². The lowest BCUT2D eigenvalue weighted by atomic mass is 10.1. The van der Waals surface area contributed by atoms with E-state index in [0.29, 0.717) is 30.2 Å². The highest BCUT2D eigenvalue weighted by Crippen LogP contribution is 2.54. The Kier molecular flexibility index (Phi) is 8.24. The normalized spacial score (nSPS) is 38.0. The Morgan fingerprint density at radius 2 is 1.27 bits per heavy atom. The number of alkyl halides is 2. The van der Waals surface area contributed by atoms with E-state index in [2.05, 4.69) is 40.5 Å². The molecule has 5 aliphatic rings. The van der Waals surface area contributed by atoms with Crippen LogP contribution in [-0.2, 0) is 43.9 Å². The van der Waals surface area contributed by atoms with Crippen molar-refractivity contribution in [1.29, 1.82) is 0 Å². The monoisotopic (exact) mass is 730 g/mol. The van der Waals surface area contributed by atoms with Gasteiger partial charge in [0, 0.05) is 13.1 Å². The summed E-state index contributed by atoms with van der Waals surface area (Å²) in [6, 6.07) is 0. The standard InChI is InChI=1S/C24H26F2N10O9P2S/c25-13-17-12-6-41-47(39,48)45-18-11(5-40-46(37,38)44-17)42-24(14(18)26)36-10-34-16-20(30-8-32-22(16)36)28-4-2-1-3-27-19-15-21(31-7-29-19)35(9-33-15)23(13)43-12/h1-2,7-14,17-18,23-24H,3-6H2,(H,37,38)(H,39,48)(H,27,29,31)(H,28,30,32)/b2-1+/t11-,12-,13-,14-,17-,18-,23-,24-,47?/m1/s1. The minimum absolute atomic E-state index is 0.179. The van der Waals surface area contributed by atoms with Crippen molar-refractivity contribution in [3.8, 4) is 0 Å². The molecule has 14 bridgehead atoms. The summed E-state index contributed by atoms with van der Waals surface area (Å²) in [5.74, 6) is 0.703. The number of phosphoric ester groups is 1. The quantitative estimate of drug-likeness (QED) is 0.149. The molecule has 0 saturated carbocycles. The van der Waals surface area contributed by atoms with E-state index in [1.54, 1.807) is 0 Å². The van der Waals surface area contributed by atoms with E-state index in [1.165, 1.54) is 34.4 Å². The van der Waals surface area contributed by atoms with Gasteiger partial charge in [-0.15, -0.1) is 0 Å². The van der Waals surface area contributed by atoms with Gasteiger partial charge in [-0.05, 0) is 11.8 Å². The zero-order valence-electron chi connectivity index (χ0n) is 24.3. The third-order valence-corrected chi connectivity index (χ3v) is 10.6. The second-order valence-corrected chi connectivity index (χ2v) is 15.2. The number of hydrogen-bond acceptors (Lipinski definition) is 16. The largest absolute Gasteiger partial charge is 0.472 e. The van der Waals surface area contributed by atoms with E-state index >= 15 is 8.78 Å². The van der Waals surface area contributed by atoms with Crippen molar-refractivity contribution < 1.29 is 50.7 Å². The summed E-state index contributed by atoms with van der Waals surface area (Å²) in [6.45, 7) is -5.09. The van der Waals surface area contributed by atoms with E-state index in [0.717, 1.165) is 0 Å². The predicted octanol–water partition coefficient (Wildman–Crippen LogP) is 1.67. The van der Waals surface area contributed by atoms with Gasteiger partial charge in [0.25, 0.3) is 0 Å². The molecule has 9 heterocycles. The zero-order chi connectivity index (χ0) is 33.2. The lowest BCUT2D eigenvalue weighted by Crippen LogP contribution is -2.37. The second-order valence-electron chi connectivity index (χ2n) is 11.0. The van der Waals surface area contributed by atoms with Gasteiger partial charge in [-0.2, -0.15) is 0 Å². The smallest absolute Gasteiger partial charge is 0.365 e.